The predicted molar refractivity (Wildman–Crippen MR) is 87.1 cm³/mol. The molecule has 0 N–H and O–H groups in total. The van der Waals surface area contributed by atoms with Crippen LogP contribution in [0.1, 0.15) is 5.56 Å². The molecule has 1 amide bonds. The second kappa shape index (κ2) is 5.91. The van der Waals surface area contributed by atoms with Gasteiger partial charge in [-0.15, -0.1) is 0 Å². The first-order chi connectivity index (χ1) is 11.3. The van der Waals surface area contributed by atoms with Crippen LogP contribution in [0.5, 0.6) is 0 Å². The van der Waals surface area contributed by atoms with Crippen molar-refractivity contribution >= 4 is 11.8 Å². The predicted octanol–water partition coefficient (Wildman–Crippen LogP) is 2.54. The molecular formula is C18H19N3O2. The van der Waals surface area contributed by atoms with Gasteiger partial charge < -0.3 is 14.5 Å². The number of aromatic nitrogens is 1. The van der Waals surface area contributed by atoms with E-state index in [9.17, 15) is 4.79 Å². The Kier molecular flexibility index (Phi) is 3.61. The quantitative estimate of drug-likeness (QED) is 0.874. The molecule has 0 unspecified atom stereocenters. The number of pyridine rings is 1. The minimum Gasteiger partial charge on any atom is -0.445 e. The number of carbonyl (C=O) groups is 1. The molecule has 2 saturated heterocycles. The van der Waals surface area contributed by atoms with E-state index in [1.165, 1.54) is 0 Å². The van der Waals surface area contributed by atoms with Gasteiger partial charge in [-0.1, -0.05) is 30.3 Å². The number of nitrogens with zero attached hydrogens (tertiary/aromatic N) is 3. The fourth-order valence-corrected chi connectivity index (χ4v) is 3.42. The lowest BCUT2D eigenvalue weighted by atomic mass is 9.91. The van der Waals surface area contributed by atoms with Gasteiger partial charge in [0.05, 0.1) is 17.9 Å². The number of fused-ring (bicyclic) bond motifs is 1. The lowest BCUT2D eigenvalue weighted by Gasteiger charge is -2.44. The Bertz CT molecular complexity index is 677. The average Bonchev–Trinajstić information content (AvgIpc) is 2.92. The van der Waals surface area contributed by atoms with Crippen molar-refractivity contribution in [2.24, 2.45) is 5.92 Å². The molecular weight excluding hydrogens is 290 g/mol. The summed E-state index contributed by atoms with van der Waals surface area (Å²) < 4.78 is 5.43. The molecule has 1 aromatic heterocycles. The first-order valence-electron chi connectivity index (χ1n) is 7.93. The van der Waals surface area contributed by atoms with E-state index < -0.39 is 0 Å². The second-order valence-electron chi connectivity index (χ2n) is 6.14. The Hall–Kier alpha value is -2.56. The summed E-state index contributed by atoms with van der Waals surface area (Å²) in [5, 5.41) is 0. The van der Waals surface area contributed by atoms with Crippen molar-refractivity contribution in [3.8, 4) is 0 Å². The molecule has 0 aliphatic carbocycles. The van der Waals surface area contributed by atoms with Crippen LogP contribution in [0.15, 0.2) is 54.9 Å². The van der Waals surface area contributed by atoms with Crippen molar-refractivity contribution in [1.29, 1.82) is 0 Å². The van der Waals surface area contributed by atoms with E-state index in [2.05, 4.69) is 16.0 Å². The van der Waals surface area contributed by atoms with Crippen molar-refractivity contribution in [3.63, 3.8) is 0 Å². The number of hydrogen-bond acceptors (Lipinski definition) is 4. The molecule has 0 radical (unpaired) electrons. The van der Waals surface area contributed by atoms with Gasteiger partial charge in [0.25, 0.3) is 0 Å². The van der Waals surface area contributed by atoms with Crippen LogP contribution < -0.4 is 4.90 Å². The molecule has 0 bridgehead atoms. The summed E-state index contributed by atoms with van der Waals surface area (Å²) in [5.41, 5.74) is 2.15. The number of carbonyl (C=O) groups excluding carboxylic acids is 1. The standard InChI is InChI=1S/C18H19N3O2/c22-18(23-13-14-5-2-1-3-6-14)20-10-15-11-21(17(15)12-20)16-7-4-8-19-9-16/h1-9,15,17H,10-13H2/t15-,17-/m0/s1. The molecule has 23 heavy (non-hydrogen) atoms. The van der Waals surface area contributed by atoms with Crippen LogP contribution in [0, 0.1) is 5.92 Å². The molecule has 118 valence electrons. The molecule has 0 spiro atoms. The van der Waals surface area contributed by atoms with Crippen LogP contribution in [0.25, 0.3) is 0 Å². The molecule has 0 saturated carbocycles. The highest BCUT2D eigenvalue weighted by molar-refractivity contribution is 5.69. The van der Waals surface area contributed by atoms with Crippen LogP contribution >= 0.6 is 0 Å². The number of hydrogen-bond donors (Lipinski definition) is 0. The van der Waals surface area contributed by atoms with Crippen molar-refractivity contribution in [3.05, 3.63) is 60.4 Å². The smallest absolute Gasteiger partial charge is 0.410 e. The van der Waals surface area contributed by atoms with Gasteiger partial charge in [0.15, 0.2) is 0 Å². The van der Waals surface area contributed by atoms with Crippen LogP contribution in [0.3, 0.4) is 0 Å². The molecule has 2 fully saturated rings. The number of likely N-dealkylation sites (tertiary alicyclic amines) is 1. The lowest BCUT2D eigenvalue weighted by molar-refractivity contribution is 0.103. The maximum atomic E-state index is 12.3. The van der Waals surface area contributed by atoms with Gasteiger partial charge in [0.1, 0.15) is 6.61 Å². The van der Waals surface area contributed by atoms with E-state index in [1.807, 2.05) is 47.5 Å². The summed E-state index contributed by atoms with van der Waals surface area (Å²) in [6, 6.07) is 14.2. The Morgan fingerprint density at radius 2 is 2.00 bits per heavy atom. The number of amides is 1. The van der Waals surface area contributed by atoms with Gasteiger partial charge in [-0.05, 0) is 17.7 Å². The third-order valence-electron chi connectivity index (χ3n) is 4.68. The normalized spacial score (nSPS) is 22.4. The molecule has 5 heteroatoms. The molecule has 1 aromatic carbocycles. The maximum Gasteiger partial charge on any atom is 0.410 e. The molecule has 2 aliphatic heterocycles. The number of anilines is 1. The molecule has 5 nitrogen and oxygen atoms in total. The Balaban J connectivity index is 1.33. The summed E-state index contributed by atoms with van der Waals surface area (Å²) in [5.74, 6) is 0.541. The van der Waals surface area contributed by atoms with Gasteiger partial charge in [-0.2, -0.15) is 0 Å². The van der Waals surface area contributed by atoms with E-state index in [0.29, 0.717) is 18.6 Å². The van der Waals surface area contributed by atoms with Crippen LogP contribution in [0.4, 0.5) is 10.5 Å². The van der Waals surface area contributed by atoms with Crippen LogP contribution in [-0.4, -0.2) is 41.7 Å². The topological polar surface area (TPSA) is 45.7 Å². The first kappa shape index (κ1) is 14.1. The molecule has 2 aliphatic rings. The van der Waals surface area contributed by atoms with Gasteiger partial charge >= 0.3 is 6.09 Å². The van der Waals surface area contributed by atoms with E-state index in [1.54, 1.807) is 6.20 Å². The highest BCUT2D eigenvalue weighted by atomic mass is 16.6. The van der Waals surface area contributed by atoms with Gasteiger partial charge in [0.2, 0.25) is 0 Å². The van der Waals surface area contributed by atoms with Crippen molar-refractivity contribution in [1.82, 2.24) is 9.88 Å². The summed E-state index contributed by atoms with van der Waals surface area (Å²) in [6.45, 7) is 2.83. The third-order valence-corrected chi connectivity index (χ3v) is 4.68. The monoisotopic (exact) mass is 309 g/mol. The zero-order valence-electron chi connectivity index (χ0n) is 12.8. The van der Waals surface area contributed by atoms with E-state index in [0.717, 1.165) is 30.9 Å². The fourth-order valence-electron chi connectivity index (χ4n) is 3.42. The van der Waals surface area contributed by atoms with E-state index in [-0.39, 0.29) is 6.09 Å². The Labute approximate surface area is 135 Å². The maximum absolute atomic E-state index is 12.3. The highest BCUT2D eigenvalue weighted by Gasteiger charge is 2.47. The largest absolute Gasteiger partial charge is 0.445 e. The summed E-state index contributed by atoms with van der Waals surface area (Å²) in [4.78, 5) is 20.6. The second-order valence-corrected chi connectivity index (χ2v) is 6.14. The Morgan fingerprint density at radius 3 is 2.78 bits per heavy atom. The minimum atomic E-state index is -0.214. The average molecular weight is 309 g/mol. The number of benzene rings is 1. The first-order valence-corrected chi connectivity index (χ1v) is 7.93. The van der Waals surface area contributed by atoms with E-state index in [4.69, 9.17) is 4.74 Å². The zero-order valence-corrected chi connectivity index (χ0v) is 12.8. The van der Waals surface area contributed by atoms with Crippen molar-refractivity contribution in [2.45, 2.75) is 12.6 Å². The fraction of sp³-hybridized carbons (Fsp3) is 0.333. The van der Waals surface area contributed by atoms with Gasteiger partial charge in [0, 0.05) is 31.7 Å². The van der Waals surface area contributed by atoms with Crippen LogP contribution in [0.2, 0.25) is 0 Å². The lowest BCUT2D eigenvalue weighted by Crippen LogP contribution is -2.55. The summed E-state index contributed by atoms with van der Waals surface area (Å²) >= 11 is 0. The minimum absolute atomic E-state index is 0.214. The van der Waals surface area contributed by atoms with Crippen molar-refractivity contribution < 1.29 is 9.53 Å². The Morgan fingerprint density at radius 1 is 1.13 bits per heavy atom. The molecule has 2 aromatic rings. The van der Waals surface area contributed by atoms with E-state index >= 15 is 0 Å². The van der Waals surface area contributed by atoms with Crippen LogP contribution in [-0.2, 0) is 11.3 Å². The summed E-state index contributed by atoms with van der Waals surface area (Å²) in [6.07, 6.45) is 3.45. The molecule has 3 heterocycles. The highest BCUT2D eigenvalue weighted by Crippen LogP contribution is 2.36. The third kappa shape index (κ3) is 2.74. The number of ether oxygens (including phenoxy) is 1. The number of rotatable bonds is 3. The van der Waals surface area contributed by atoms with Crippen molar-refractivity contribution in [2.75, 3.05) is 24.5 Å². The summed E-state index contributed by atoms with van der Waals surface area (Å²) in [7, 11) is 0. The SMILES string of the molecule is O=C(OCc1ccccc1)N1C[C@H]2CN(c3cccnc3)[C@H]2C1. The van der Waals surface area contributed by atoms with Gasteiger partial charge in [-0.3, -0.25) is 4.98 Å². The zero-order chi connectivity index (χ0) is 15.6. The molecule has 2 atom stereocenters. The van der Waals surface area contributed by atoms with Gasteiger partial charge in [-0.25, -0.2) is 4.79 Å². The molecule has 4 rings (SSSR count).